The quantitative estimate of drug-likeness (QED) is 0.655. The Labute approximate surface area is 155 Å². The Morgan fingerprint density at radius 2 is 1.85 bits per heavy atom. The van der Waals surface area contributed by atoms with Crippen molar-refractivity contribution in [2.45, 2.75) is 33.0 Å². The fourth-order valence-electron chi connectivity index (χ4n) is 3.67. The minimum absolute atomic E-state index is 0.0336. The Hall–Kier alpha value is -2.36. The maximum Gasteiger partial charge on any atom is 0.138 e. The zero-order chi connectivity index (χ0) is 17.9. The molecule has 1 aliphatic heterocycles. The molecule has 0 aliphatic carbocycles. The van der Waals surface area contributed by atoms with Crippen molar-refractivity contribution in [2.75, 3.05) is 13.2 Å². The smallest absolute Gasteiger partial charge is 0.138 e. The van der Waals surface area contributed by atoms with Crippen LogP contribution in [0.25, 0.3) is 5.69 Å². The van der Waals surface area contributed by atoms with E-state index in [9.17, 15) is 0 Å². The second-order valence-corrected chi connectivity index (χ2v) is 7.01. The maximum atomic E-state index is 6.07. The molecule has 1 atom stereocenters. The number of aryl methyl sites for hydroxylation is 2. The third-order valence-corrected chi connectivity index (χ3v) is 5.14. The molecule has 1 aliphatic rings. The van der Waals surface area contributed by atoms with Crippen LogP contribution in [-0.2, 0) is 17.7 Å². The van der Waals surface area contributed by atoms with Gasteiger partial charge in [0, 0.05) is 36.7 Å². The largest absolute Gasteiger partial charge is 0.357 e. The van der Waals surface area contributed by atoms with E-state index in [1.807, 2.05) is 0 Å². The Kier molecular flexibility index (Phi) is 4.91. The van der Waals surface area contributed by atoms with Crippen molar-refractivity contribution in [1.82, 2.24) is 9.47 Å². The molecule has 3 aromatic rings. The number of benzene rings is 2. The molecule has 4 rings (SSSR count). The zero-order valence-corrected chi connectivity index (χ0v) is 15.6. The lowest BCUT2D eigenvalue weighted by molar-refractivity contribution is 0.0288. The second-order valence-electron chi connectivity index (χ2n) is 7.01. The van der Waals surface area contributed by atoms with Crippen LogP contribution < -0.4 is 0 Å². The van der Waals surface area contributed by atoms with Gasteiger partial charge < -0.3 is 9.30 Å². The van der Waals surface area contributed by atoms with Gasteiger partial charge >= 0.3 is 0 Å². The predicted molar refractivity (Wildman–Crippen MR) is 105 cm³/mol. The van der Waals surface area contributed by atoms with Crippen LogP contribution in [0.15, 0.2) is 67.0 Å². The molecule has 1 saturated heterocycles. The molecule has 1 unspecified atom stereocenters. The van der Waals surface area contributed by atoms with E-state index < -0.39 is 0 Å². The Balaban J connectivity index is 1.55. The molecule has 0 amide bonds. The van der Waals surface area contributed by atoms with Crippen LogP contribution in [0.5, 0.6) is 0 Å². The standard InChI is InChI=1S/C23H26N2O/c1-3-20-6-4-5-7-22(20)24-13-12-21(17-24)23-25(14-15-26-23)16-19-10-8-18(2)9-11-19/h4-13,17,23H,3,14-16H2,1-2H3. The SMILES string of the molecule is CCc1ccccc1-n1ccc(C2OCCN2Cc2ccc(C)cc2)c1. The summed E-state index contributed by atoms with van der Waals surface area (Å²) in [6.07, 6.45) is 5.43. The molecule has 134 valence electrons. The number of aromatic nitrogens is 1. The summed E-state index contributed by atoms with van der Waals surface area (Å²) in [5.41, 5.74) is 6.47. The third kappa shape index (κ3) is 3.46. The second kappa shape index (κ2) is 7.48. The van der Waals surface area contributed by atoms with Crippen LogP contribution >= 0.6 is 0 Å². The van der Waals surface area contributed by atoms with Gasteiger partial charge in [-0.05, 0) is 36.6 Å². The predicted octanol–water partition coefficient (Wildman–Crippen LogP) is 4.88. The molecule has 0 bridgehead atoms. The average molecular weight is 346 g/mol. The molecule has 3 heteroatoms. The fraction of sp³-hybridized carbons (Fsp3) is 0.304. The van der Waals surface area contributed by atoms with Crippen LogP contribution in [0.4, 0.5) is 0 Å². The Bertz CT molecular complexity index is 866. The molecule has 3 nitrogen and oxygen atoms in total. The summed E-state index contributed by atoms with van der Waals surface area (Å²) < 4.78 is 8.29. The number of rotatable bonds is 5. The summed E-state index contributed by atoms with van der Waals surface area (Å²) in [5, 5.41) is 0. The minimum atomic E-state index is 0.0336. The Morgan fingerprint density at radius 1 is 1.04 bits per heavy atom. The van der Waals surface area contributed by atoms with Crippen LogP contribution in [0.2, 0.25) is 0 Å². The van der Waals surface area contributed by atoms with Crippen LogP contribution in [0.3, 0.4) is 0 Å². The topological polar surface area (TPSA) is 17.4 Å². The molecule has 1 fully saturated rings. The minimum Gasteiger partial charge on any atom is -0.357 e. The summed E-state index contributed by atoms with van der Waals surface area (Å²) in [5.74, 6) is 0. The summed E-state index contributed by atoms with van der Waals surface area (Å²) in [4.78, 5) is 2.41. The number of hydrogen-bond acceptors (Lipinski definition) is 2. The summed E-state index contributed by atoms with van der Waals surface area (Å²) in [7, 11) is 0. The van der Waals surface area contributed by atoms with Gasteiger partial charge in [-0.2, -0.15) is 0 Å². The van der Waals surface area contributed by atoms with Crippen LogP contribution in [0, 0.1) is 6.92 Å². The summed E-state index contributed by atoms with van der Waals surface area (Å²) >= 11 is 0. The maximum absolute atomic E-state index is 6.07. The van der Waals surface area contributed by atoms with Gasteiger partial charge in [0.2, 0.25) is 0 Å². The average Bonchev–Trinajstić information content (AvgIpc) is 3.33. The van der Waals surface area contributed by atoms with Crippen molar-refractivity contribution in [3.05, 3.63) is 89.2 Å². The van der Waals surface area contributed by atoms with Crippen molar-refractivity contribution in [3.8, 4) is 5.69 Å². The molecule has 0 N–H and O–H groups in total. The van der Waals surface area contributed by atoms with E-state index in [0.29, 0.717) is 0 Å². The highest BCUT2D eigenvalue weighted by atomic mass is 16.5. The molecule has 1 aromatic heterocycles. The van der Waals surface area contributed by atoms with E-state index in [4.69, 9.17) is 4.74 Å². The molecular formula is C23H26N2O. The number of nitrogens with zero attached hydrogens (tertiary/aromatic N) is 2. The number of para-hydroxylation sites is 1. The number of hydrogen-bond donors (Lipinski definition) is 0. The van der Waals surface area contributed by atoms with E-state index in [-0.39, 0.29) is 6.23 Å². The molecule has 2 heterocycles. The van der Waals surface area contributed by atoms with E-state index in [1.54, 1.807) is 0 Å². The van der Waals surface area contributed by atoms with Crippen molar-refractivity contribution < 1.29 is 4.74 Å². The highest BCUT2D eigenvalue weighted by Gasteiger charge is 2.27. The van der Waals surface area contributed by atoms with Gasteiger partial charge in [0.05, 0.1) is 6.61 Å². The highest BCUT2D eigenvalue weighted by Crippen LogP contribution is 2.30. The van der Waals surface area contributed by atoms with Gasteiger partial charge in [0.25, 0.3) is 0 Å². The lowest BCUT2D eigenvalue weighted by atomic mass is 10.1. The zero-order valence-electron chi connectivity index (χ0n) is 15.6. The first kappa shape index (κ1) is 17.1. The molecule has 2 aromatic carbocycles. The van der Waals surface area contributed by atoms with Crippen LogP contribution in [0.1, 0.15) is 35.4 Å². The van der Waals surface area contributed by atoms with E-state index in [2.05, 4.69) is 90.3 Å². The molecule has 0 radical (unpaired) electrons. The molecule has 0 saturated carbocycles. The van der Waals surface area contributed by atoms with E-state index in [1.165, 1.54) is 27.9 Å². The summed E-state index contributed by atoms with van der Waals surface area (Å²) in [6, 6.07) is 19.6. The van der Waals surface area contributed by atoms with Crippen molar-refractivity contribution in [1.29, 1.82) is 0 Å². The van der Waals surface area contributed by atoms with Gasteiger partial charge in [-0.15, -0.1) is 0 Å². The lowest BCUT2D eigenvalue weighted by Gasteiger charge is -2.22. The van der Waals surface area contributed by atoms with Crippen molar-refractivity contribution in [3.63, 3.8) is 0 Å². The monoisotopic (exact) mass is 346 g/mol. The summed E-state index contributed by atoms with van der Waals surface area (Å²) in [6.45, 7) is 7.00. The first-order valence-corrected chi connectivity index (χ1v) is 9.42. The van der Waals surface area contributed by atoms with Gasteiger partial charge in [-0.25, -0.2) is 0 Å². The van der Waals surface area contributed by atoms with Gasteiger partial charge in [0.1, 0.15) is 6.23 Å². The van der Waals surface area contributed by atoms with Crippen molar-refractivity contribution >= 4 is 0 Å². The highest BCUT2D eigenvalue weighted by molar-refractivity contribution is 5.42. The normalized spacial score (nSPS) is 17.7. The lowest BCUT2D eigenvalue weighted by Crippen LogP contribution is -2.23. The molecule has 0 spiro atoms. The van der Waals surface area contributed by atoms with E-state index >= 15 is 0 Å². The molecular weight excluding hydrogens is 320 g/mol. The first-order chi connectivity index (χ1) is 12.7. The fourth-order valence-corrected chi connectivity index (χ4v) is 3.67. The molecule has 26 heavy (non-hydrogen) atoms. The third-order valence-electron chi connectivity index (χ3n) is 5.14. The Morgan fingerprint density at radius 3 is 2.65 bits per heavy atom. The van der Waals surface area contributed by atoms with Gasteiger partial charge in [-0.1, -0.05) is 55.0 Å². The van der Waals surface area contributed by atoms with Crippen molar-refractivity contribution in [2.24, 2.45) is 0 Å². The first-order valence-electron chi connectivity index (χ1n) is 9.42. The number of ether oxygens (including phenoxy) is 1. The van der Waals surface area contributed by atoms with Gasteiger partial charge in [0.15, 0.2) is 0 Å². The van der Waals surface area contributed by atoms with Crippen LogP contribution in [-0.4, -0.2) is 22.6 Å². The van der Waals surface area contributed by atoms with Gasteiger partial charge in [-0.3, -0.25) is 4.90 Å². The van der Waals surface area contributed by atoms with E-state index in [0.717, 1.165) is 26.1 Å².